The van der Waals surface area contributed by atoms with Gasteiger partial charge in [-0.2, -0.15) is 5.26 Å². The lowest BCUT2D eigenvalue weighted by Gasteiger charge is -2.60. The molecule has 0 aromatic carbocycles. The van der Waals surface area contributed by atoms with E-state index in [1.807, 2.05) is 0 Å². The summed E-state index contributed by atoms with van der Waals surface area (Å²) < 4.78 is 28.0. The zero-order chi connectivity index (χ0) is 26.4. The molecule has 4 heterocycles. The summed E-state index contributed by atoms with van der Waals surface area (Å²) in [6, 6.07) is 1.49. The maximum Gasteiger partial charge on any atom is 0.256 e. The number of Topliss-reactive ketones (excluding diaryl/α,β-unsaturated/α-hetero) is 1. The molecule has 2 saturated carbocycles. The van der Waals surface area contributed by atoms with E-state index in [0.717, 1.165) is 25.9 Å². The number of ketones is 1. The third-order valence-electron chi connectivity index (χ3n) is 9.55. The third-order valence-corrected chi connectivity index (χ3v) is 9.55. The van der Waals surface area contributed by atoms with Crippen molar-refractivity contribution in [2.24, 2.45) is 17.6 Å². The molecule has 6 rings (SSSR count). The van der Waals surface area contributed by atoms with Crippen molar-refractivity contribution >= 4 is 11.7 Å². The highest BCUT2D eigenvalue weighted by Crippen LogP contribution is 2.47. The van der Waals surface area contributed by atoms with Crippen LogP contribution >= 0.6 is 0 Å². The summed E-state index contributed by atoms with van der Waals surface area (Å²) in [7, 11) is 0. The molecule has 2 aliphatic carbocycles. The van der Waals surface area contributed by atoms with E-state index >= 15 is 4.39 Å². The number of ether oxygens (including phenoxy) is 2. The summed E-state index contributed by atoms with van der Waals surface area (Å²) in [6.07, 6.45) is 2.76. The zero-order valence-corrected chi connectivity index (χ0v) is 21.8. The van der Waals surface area contributed by atoms with Crippen LogP contribution in [0, 0.1) is 23.2 Å². The summed E-state index contributed by atoms with van der Waals surface area (Å²) in [5.74, 6) is -1.46. The average molecular weight is 531 g/mol. The van der Waals surface area contributed by atoms with E-state index < -0.39 is 30.1 Å². The summed E-state index contributed by atoms with van der Waals surface area (Å²) in [5.41, 5.74) is 6.27. The van der Waals surface area contributed by atoms with Crippen molar-refractivity contribution in [1.29, 1.82) is 5.26 Å². The number of alkyl halides is 1. The van der Waals surface area contributed by atoms with Gasteiger partial charge in [0.1, 0.15) is 6.17 Å². The van der Waals surface area contributed by atoms with Gasteiger partial charge >= 0.3 is 0 Å². The fraction of sp³-hybridized carbons (Fsp3) is 0.815. The molecule has 0 aromatic rings. The highest BCUT2D eigenvalue weighted by atomic mass is 19.1. The van der Waals surface area contributed by atoms with Crippen LogP contribution in [-0.2, 0) is 19.1 Å². The molecule has 3 N–H and O–H groups in total. The molecule has 0 aromatic heterocycles. The van der Waals surface area contributed by atoms with Gasteiger partial charge in [-0.15, -0.1) is 0 Å². The van der Waals surface area contributed by atoms with Crippen molar-refractivity contribution in [3.8, 4) is 6.07 Å². The van der Waals surface area contributed by atoms with E-state index in [1.54, 1.807) is 6.20 Å². The number of likely N-dealkylation sites (tertiary alicyclic amines) is 1. The van der Waals surface area contributed by atoms with Crippen LogP contribution in [0.15, 0.2) is 11.8 Å². The Hall–Kier alpha value is -2.10. The number of hydrogen-bond donors (Lipinski definition) is 2. The number of nitriles is 1. The first-order chi connectivity index (χ1) is 18.4. The Balaban J connectivity index is 1.26. The number of fused-ring (bicyclic) bond motifs is 2. The van der Waals surface area contributed by atoms with E-state index in [0.29, 0.717) is 52.2 Å². The van der Waals surface area contributed by atoms with Crippen LogP contribution in [0.2, 0.25) is 0 Å². The number of morpholine rings is 2. The summed E-state index contributed by atoms with van der Waals surface area (Å²) in [5, 5.41) is 12.6. The Morgan fingerprint density at radius 1 is 1.18 bits per heavy atom. The van der Waals surface area contributed by atoms with Gasteiger partial charge < -0.3 is 25.4 Å². The predicted octanol–water partition coefficient (Wildman–Crippen LogP) is -0.209. The zero-order valence-electron chi connectivity index (χ0n) is 21.8. The Labute approximate surface area is 223 Å². The van der Waals surface area contributed by atoms with Crippen molar-refractivity contribution in [2.75, 3.05) is 52.5 Å². The quantitative estimate of drug-likeness (QED) is 0.465. The molecule has 208 valence electrons. The Morgan fingerprint density at radius 3 is 2.74 bits per heavy atom. The first-order valence-corrected chi connectivity index (χ1v) is 14.2. The Morgan fingerprint density at radius 2 is 2.00 bits per heavy atom. The van der Waals surface area contributed by atoms with Gasteiger partial charge in [-0.05, 0) is 32.1 Å². The topological polar surface area (TPSA) is 124 Å². The van der Waals surface area contributed by atoms with Gasteiger partial charge in [0.2, 0.25) is 0 Å². The Kier molecular flexibility index (Phi) is 7.44. The number of nitrogens with one attached hydrogen (secondary N) is 1. The predicted molar refractivity (Wildman–Crippen MR) is 135 cm³/mol. The van der Waals surface area contributed by atoms with Gasteiger partial charge in [0.25, 0.3) is 5.91 Å². The number of amides is 1. The molecule has 9 unspecified atom stereocenters. The molecular weight excluding hydrogens is 491 g/mol. The van der Waals surface area contributed by atoms with Crippen molar-refractivity contribution < 1.29 is 23.5 Å². The van der Waals surface area contributed by atoms with Crippen LogP contribution in [0.25, 0.3) is 0 Å². The minimum absolute atomic E-state index is 0.0130. The molecule has 5 fully saturated rings. The molecular formula is C27H39FN6O4. The molecule has 3 saturated heterocycles. The number of halogens is 1. The first kappa shape index (κ1) is 26.1. The summed E-state index contributed by atoms with van der Waals surface area (Å²) in [6.45, 7) is 5.45. The van der Waals surface area contributed by atoms with Gasteiger partial charge in [0.05, 0.1) is 55.2 Å². The average Bonchev–Trinajstić information content (AvgIpc) is 3.35. The standard InChI is InChI=1S/C27H39FN6O4/c28-20-12-18-23-26(24(20)33-5-3-17(30)14-33)38-22-2-1-16(13-29)11-21(22)34(23)15-19(25(18)35)27(36)31-4-6-32-7-9-37-10-8-32/h15-18,20-24,26H,1-12,14,30H2,(H,31,36). The fourth-order valence-corrected chi connectivity index (χ4v) is 7.63. The minimum Gasteiger partial charge on any atom is -0.379 e. The Bertz CT molecular complexity index is 999. The molecule has 0 radical (unpaired) electrons. The highest BCUT2D eigenvalue weighted by Gasteiger charge is 2.60. The number of hydrogen-bond acceptors (Lipinski definition) is 9. The summed E-state index contributed by atoms with van der Waals surface area (Å²) >= 11 is 0. The van der Waals surface area contributed by atoms with Crippen LogP contribution < -0.4 is 11.1 Å². The number of rotatable bonds is 5. The maximum atomic E-state index is 15.9. The lowest BCUT2D eigenvalue weighted by Crippen LogP contribution is -2.73. The van der Waals surface area contributed by atoms with Gasteiger partial charge in [-0.1, -0.05) is 0 Å². The van der Waals surface area contributed by atoms with E-state index in [9.17, 15) is 14.9 Å². The van der Waals surface area contributed by atoms with Gasteiger partial charge in [-0.3, -0.25) is 19.4 Å². The summed E-state index contributed by atoms with van der Waals surface area (Å²) in [4.78, 5) is 33.5. The monoisotopic (exact) mass is 530 g/mol. The molecule has 38 heavy (non-hydrogen) atoms. The number of nitrogens with two attached hydrogens (primary N) is 1. The lowest BCUT2D eigenvalue weighted by atomic mass is 9.69. The van der Waals surface area contributed by atoms with Crippen LogP contribution in [0.5, 0.6) is 0 Å². The van der Waals surface area contributed by atoms with Crippen LogP contribution in [0.3, 0.4) is 0 Å². The van der Waals surface area contributed by atoms with Crippen molar-refractivity contribution in [3.05, 3.63) is 11.8 Å². The second kappa shape index (κ2) is 10.8. The normalized spacial score (nSPS) is 41.6. The van der Waals surface area contributed by atoms with Crippen molar-refractivity contribution in [3.63, 3.8) is 0 Å². The van der Waals surface area contributed by atoms with Crippen LogP contribution in [0.4, 0.5) is 4.39 Å². The first-order valence-electron chi connectivity index (χ1n) is 14.2. The maximum absolute atomic E-state index is 15.9. The molecule has 9 atom stereocenters. The molecule has 11 heteroatoms. The molecule has 0 bridgehead atoms. The molecule has 0 spiro atoms. The molecule has 4 aliphatic heterocycles. The minimum atomic E-state index is -1.24. The van der Waals surface area contributed by atoms with E-state index in [-0.39, 0.29) is 47.9 Å². The smallest absolute Gasteiger partial charge is 0.256 e. The number of carbonyl (C=O) groups is 2. The van der Waals surface area contributed by atoms with Crippen molar-refractivity contribution in [2.45, 2.75) is 74.7 Å². The van der Waals surface area contributed by atoms with Gasteiger partial charge in [-0.25, -0.2) is 4.39 Å². The van der Waals surface area contributed by atoms with Crippen molar-refractivity contribution in [1.82, 2.24) is 20.0 Å². The number of nitrogens with zero attached hydrogens (tertiary/aromatic N) is 4. The molecule has 1 amide bonds. The highest BCUT2D eigenvalue weighted by molar-refractivity contribution is 6.20. The fourth-order valence-electron chi connectivity index (χ4n) is 7.63. The van der Waals surface area contributed by atoms with Crippen LogP contribution in [-0.4, -0.2) is 121 Å². The van der Waals surface area contributed by atoms with E-state index in [1.165, 1.54) is 0 Å². The third kappa shape index (κ3) is 4.75. The number of carbonyl (C=O) groups excluding carboxylic acids is 2. The van der Waals surface area contributed by atoms with Gasteiger partial charge in [0, 0.05) is 63.3 Å². The largest absolute Gasteiger partial charge is 0.379 e. The van der Waals surface area contributed by atoms with Gasteiger partial charge in [0.15, 0.2) is 5.78 Å². The second-order valence-electron chi connectivity index (χ2n) is 11.8. The van der Waals surface area contributed by atoms with Crippen LogP contribution in [0.1, 0.15) is 32.1 Å². The SMILES string of the molecule is N#CC1CCC2OC3C(N4CCC(N)C4)C(F)CC4C(=O)C(C(=O)NCCN5CCOCC5)=CN(C2C1)C43. The van der Waals surface area contributed by atoms with E-state index in [4.69, 9.17) is 15.2 Å². The second-order valence-corrected chi connectivity index (χ2v) is 11.8. The molecule has 10 nitrogen and oxygen atoms in total. The van der Waals surface area contributed by atoms with E-state index in [2.05, 4.69) is 26.1 Å². The molecule has 6 aliphatic rings. The lowest BCUT2D eigenvalue weighted by molar-refractivity contribution is -0.211.